The molecule has 1 aromatic heterocycles. The molecule has 0 radical (unpaired) electrons. The van der Waals surface area contributed by atoms with Crippen LogP contribution >= 0.6 is 11.3 Å². The van der Waals surface area contributed by atoms with E-state index in [1.807, 2.05) is 0 Å². The summed E-state index contributed by atoms with van der Waals surface area (Å²) in [7, 11) is -3.91. The maximum atomic E-state index is 13.5. The number of sulfonamides is 1. The molecule has 2 rings (SSSR count). The van der Waals surface area contributed by atoms with E-state index in [0.717, 1.165) is 29.5 Å². The van der Waals surface area contributed by atoms with Crippen molar-refractivity contribution < 1.29 is 22.3 Å². The van der Waals surface area contributed by atoms with Crippen LogP contribution in [0.25, 0.3) is 0 Å². The average molecular weight is 333 g/mol. The van der Waals surface area contributed by atoms with E-state index in [9.17, 15) is 17.2 Å². The lowest BCUT2D eigenvalue weighted by molar-refractivity contribution is 0.282. The first kappa shape index (κ1) is 16.0. The van der Waals surface area contributed by atoms with Gasteiger partial charge in [-0.05, 0) is 36.1 Å². The molecule has 2 aromatic rings. The number of halogens is 2. The van der Waals surface area contributed by atoms with Crippen LogP contribution in [-0.4, -0.2) is 13.5 Å². The molecule has 0 bridgehead atoms. The summed E-state index contributed by atoms with van der Waals surface area (Å²) in [5.74, 6) is -1.34. The van der Waals surface area contributed by atoms with Crippen LogP contribution in [0.15, 0.2) is 28.5 Å². The number of rotatable bonds is 5. The van der Waals surface area contributed by atoms with Gasteiger partial charge in [0.2, 0.25) is 10.0 Å². The van der Waals surface area contributed by atoms with Crippen LogP contribution in [0.5, 0.6) is 0 Å². The topological polar surface area (TPSA) is 66.4 Å². The average Bonchev–Trinajstić information content (AvgIpc) is 2.82. The second-order valence-electron chi connectivity index (χ2n) is 4.39. The van der Waals surface area contributed by atoms with Gasteiger partial charge in [-0.2, -0.15) is 0 Å². The molecule has 0 aliphatic heterocycles. The molecule has 0 saturated carbocycles. The van der Waals surface area contributed by atoms with Gasteiger partial charge in [-0.1, -0.05) is 0 Å². The number of hydrogen-bond donors (Lipinski definition) is 2. The van der Waals surface area contributed by atoms with Crippen molar-refractivity contribution >= 4 is 21.4 Å². The lowest BCUT2D eigenvalue weighted by Gasteiger charge is -2.09. The normalized spacial score (nSPS) is 11.8. The Morgan fingerprint density at radius 3 is 2.71 bits per heavy atom. The Labute approximate surface area is 125 Å². The minimum Gasteiger partial charge on any atom is -0.391 e. The summed E-state index contributed by atoms with van der Waals surface area (Å²) >= 11 is 1.13. The third-order valence-corrected chi connectivity index (χ3v) is 5.71. The predicted molar refractivity (Wildman–Crippen MR) is 75.4 cm³/mol. The minimum atomic E-state index is -3.91. The molecule has 114 valence electrons. The van der Waals surface area contributed by atoms with Crippen LogP contribution in [0, 0.1) is 18.6 Å². The summed E-state index contributed by atoms with van der Waals surface area (Å²) in [6.07, 6.45) is 0. The molecular formula is C13H13F2NO3S2. The number of thiophene rings is 1. The van der Waals surface area contributed by atoms with E-state index in [1.165, 1.54) is 0 Å². The number of aliphatic hydroxyl groups is 1. The van der Waals surface area contributed by atoms with Gasteiger partial charge in [0.15, 0.2) is 0 Å². The monoisotopic (exact) mass is 333 g/mol. The molecular weight excluding hydrogens is 320 g/mol. The second kappa shape index (κ2) is 6.18. The molecule has 0 saturated heterocycles. The molecule has 0 aliphatic carbocycles. The standard InChI is InChI=1S/C13H13F2NO3S2/c1-8-7-20-12(6-17)13(8)21(18,19)16-5-9-4-10(14)2-3-11(9)15/h2-4,7,16-17H,5-6H2,1H3. The van der Waals surface area contributed by atoms with Gasteiger partial charge in [-0.3, -0.25) is 0 Å². The van der Waals surface area contributed by atoms with Gasteiger partial charge in [-0.25, -0.2) is 21.9 Å². The van der Waals surface area contributed by atoms with E-state index < -0.39 is 28.3 Å². The number of aliphatic hydroxyl groups excluding tert-OH is 1. The molecule has 0 unspecified atom stereocenters. The second-order valence-corrected chi connectivity index (χ2v) is 7.06. The molecule has 8 heteroatoms. The Balaban J connectivity index is 2.26. The van der Waals surface area contributed by atoms with Crippen molar-refractivity contribution in [2.75, 3.05) is 0 Å². The first-order chi connectivity index (χ1) is 9.85. The Bertz CT molecular complexity index is 757. The molecule has 4 nitrogen and oxygen atoms in total. The van der Waals surface area contributed by atoms with Crippen molar-refractivity contribution in [1.82, 2.24) is 4.72 Å². The molecule has 0 fully saturated rings. The van der Waals surface area contributed by atoms with Gasteiger partial charge < -0.3 is 5.11 Å². The summed E-state index contributed by atoms with van der Waals surface area (Å²) in [5, 5.41) is 10.8. The largest absolute Gasteiger partial charge is 0.391 e. The fourth-order valence-electron chi connectivity index (χ4n) is 1.88. The van der Waals surface area contributed by atoms with E-state index in [4.69, 9.17) is 5.11 Å². The zero-order chi connectivity index (χ0) is 15.6. The van der Waals surface area contributed by atoms with Crippen LogP contribution in [0.2, 0.25) is 0 Å². The first-order valence-corrected chi connectivity index (χ1v) is 8.33. The fraction of sp³-hybridized carbons (Fsp3) is 0.231. The van der Waals surface area contributed by atoms with Crippen molar-refractivity contribution in [2.45, 2.75) is 25.0 Å². The number of hydrogen-bond acceptors (Lipinski definition) is 4. The number of aryl methyl sites for hydroxylation is 1. The molecule has 1 heterocycles. The molecule has 0 spiro atoms. The van der Waals surface area contributed by atoms with Crippen molar-refractivity contribution in [3.8, 4) is 0 Å². The van der Waals surface area contributed by atoms with Crippen molar-refractivity contribution in [3.05, 3.63) is 51.2 Å². The summed E-state index contributed by atoms with van der Waals surface area (Å²) in [6, 6.07) is 2.83. The van der Waals surface area contributed by atoms with E-state index >= 15 is 0 Å². The molecule has 1 aromatic carbocycles. The molecule has 21 heavy (non-hydrogen) atoms. The Hall–Kier alpha value is -1.35. The summed E-state index contributed by atoms with van der Waals surface area (Å²) in [6.45, 7) is 0.835. The van der Waals surface area contributed by atoms with Gasteiger partial charge in [0.05, 0.1) is 11.5 Å². The SMILES string of the molecule is Cc1csc(CO)c1S(=O)(=O)NCc1cc(F)ccc1F. The summed E-state index contributed by atoms with van der Waals surface area (Å²) in [4.78, 5) is 0.298. The summed E-state index contributed by atoms with van der Waals surface area (Å²) in [5.41, 5.74) is 0.410. The number of benzene rings is 1. The van der Waals surface area contributed by atoms with Gasteiger partial charge in [0.1, 0.15) is 16.5 Å². The Morgan fingerprint density at radius 2 is 2.05 bits per heavy atom. The van der Waals surface area contributed by atoms with Crippen LogP contribution in [0.4, 0.5) is 8.78 Å². The van der Waals surface area contributed by atoms with Gasteiger partial charge in [0.25, 0.3) is 0 Å². The van der Waals surface area contributed by atoms with E-state index in [1.54, 1.807) is 12.3 Å². The highest BCUT2D eigenvalue weighted by molar-refractivity contribution is 7.89. The maximum absolute atomic E-state index is 13.5. The predicted octanol–water partition coefficient (Wildman–Crippen LogP) is 2.31. The van der Waals surface area contributed by atoms with Crippen molar-refractivity contribution in [2.24, 2.45) is 0 Å². The van der Waals surface area contributed by atoms with Gasteiger partial charge in [-0.15, -0.1) is 11.3 Å². The van der Waals surface area contributed by atoms with Crippen molar-refractivity contribution in [3.63, 3.8) is 0 Å². The minimum absolute atomic E-state index is 0.00758. The van der Waals surface area contributed by atoms with Crippen LogP contribution < -0.4 is 4.72 Å². The smallest absolute Gasteiger partial charge is 0.242 e. The fourth-order valence-corrected chi connectivity index (χ4v) is 4.55. The third-order valence-electron chi connectivity index (χ3n) is 2.86. The zero-order valence-corrected chi connectivity index (χ0v) is 12.7. The highest BCUT2D eigenvalue weighted by atomic mass is 32.2. The molecule has 0 amide bonds. The Kier molecular flexibility index (Phi) is 4.72. The lowest BCUT2D eigenvalue weighted by Crippen LogP contribution is -2.25. The third kappa shape index (κ3) is 3.46. The molecule has 0 atom stereocenters. The summed E-state index contributed by atoms with van der Waals surface area (Å²) < 4.78 is 53.2. The van der Waals surface area contributed by atoms with E-state index in [0.29, 0.717) is 10.4 Å². The highest BCUT2D eigenvalue weighted by Gasteiger charge is 2.22. The van der Waals surface area contributed by atoms with Gasteiger partial charge in [0, 0.05) is 12.1 Å². The Morgan fingerprint density at radius 1 is 1.33 bits per heavy atom. The van der Waals surface area contributed by atoms with Crippen LogP contribution in [0.3, 0.4) is 0 Å². The van der Waals surface area contributed by atoms with Gasteiger partial charge >= 0.3 is 0 Å². The van der Waals surface area contributed by atoms with E-state index in [2.05, 4.69) is 4.72 Å². The van der Waals surface area contributed by atoms with Crippen molar-refractivity contribution in [1.29, 1.82) is 0 Å². The lowest BCUT2D eigenvalue weighted by atomic mass is 10.2. The zero-order valence-electron chi connectivity index (χ0n) is 11.1. The van der Waals surface area contributed by atoms with Crippen LogP contribution in [0.1, 0.15) is 16.0 Å². The molecule has 2 N–H and O–H groups in total. The molecule has 0 aliphatic rings. The van der Waals surface area contributed by atoms with E-state index in [-0.39, 0.29) is 17.0 Å². The maximum Gasteiger partial charge on any atom is 0.242 e. The van der Waals surface area contributed by atoms with Crippen LogP contribution in [-0.2, 0) is 23.2 Å². The highest BCUT2D eigenvalue weighted by Crippen LogP contribution is 2.27. The quantitative estimate of drug-likeness (QED) is 0.882. The number of nitrogens with one attached hydrogen (secondary N) is 1. The first-order valence-electron chi connectivity index (χ1n) is 5.96.